The van der Waals surface area contributed by atoms with E-state index in [1.165, 1.54) is 18.2 Å². The highest BCUT2D eigenvalue weighted by Crippen LogP contribution is 2.33. The molecule has 1 aliphatic rings. The Hall–Kier alpha value is -2.79. The molecule has 0 saturated carbocycles. The van der Waals surface area contributed by atoms with E-state index in [0.717, 1.165) is 11.8 Å². The van der Waals surface area contributed by atoms with E-state index in [2.05, 4.69) is 4.90 Å². The van der Waals surface area contributed by atoms with E-state index < -0.39 is 45.8 Å². The first kappa shape index (κ1) is 30.2. The molecule has 0 bridgehead atoms. The maximum atomic E-state index is 13.6. The number of hydrogen-bond donors (Lipinski definition) is 0. The van der Waals surface area contributed by atoms with Gasteiger partial charge in [0.2, 0.25) is 5.78 Å². The Labute approximate surface area is 241 Å². The lowest BCUT2D eigenvalue weighted by molar-refractivity contribution is -0.140. The first-order valence-electron chi connectivity index (χ1n) is 12.2. The molecule has 5 nitrogen and oxygen atoms in total. The third-order valence-corrected chi connectivity index (χ3v) is 8.97. The van der Waals surface area contributed by atoms with Crippen LogP contribution in [0.3, 0.4) is 0 Å². The number of Topliss-reactive ketones (excluding diaryl/α,β-unsaturated/α-hetero) is 1. The molecule has 1 unspecified atom stereocenters. The van der Waals surface area contributed by atoms with E-state index in [0.29, 0.717) is 30.2 Å². The summed E-state index contributed by atoms with van der Waals surface area (Å²) in [5, 5.41) is 0.596. The van der Waals surface area contributed by atoms with E-state index in [-0.39, 0.29) is 33.5 Å². The minimum atomic E-state index is -4.98. The van der Waals surface area contributed by atoms with Gasteiger partial charge in [-0.15, -0.1) is 0 Å². The Bertz CT molecular complexity index is 1440. The predicted octanol–water partition coefficient (Wildman–Crippen LogP) is 6.88. The molecule has 1 amide bonds. The summed E-state index contributed by atoms with van der Waals surface area (Å²) < 4.78 is 65.4. The van der Waals surface area contributed by atoms with Gasteiger partial charge < -0.3 is 14.4 Å². The Morgan fingerprint density at radius 2 is 1.68 bits per heavy atom. The number of halogens is 6. The SMILES string of the molecule is C[C@H]1[C@H](C)N(c2cccc(Cl)c2)CCN1C(=O)c1ccc([S+]([O-])CC(=O)c2ccc(F)c(C(F)(F)F)c2)c(Cl)c1. The molecular weight excluding hydrogens is 591 g/mol. The zero-order valence-electron chi connectivity index (χ0n) is 21.3. The summed E-state index contributed by atoms with van der Waals surface area (Å²) in [6, 6.07) is 13.3. The van der Waals surface area contributed by atoms with E-state index in [9.17, 15) is 31.7 Å². The van der Waals surface area contributed by atoms with Crippen molar-refractivity contribution < 1.29 is 31.7 Å². The molecular formula is C28H24Cl2F4N2O3S. The Morgan fingerprint density at radius 3 is 2.33 bits per heavy atom. The zero-order chi connectivity index (χ0) is 29.4. The van der Waals surface area contributed by atoms with Crippen molar-refractivity contribution in [1.29, 1.82) is 0 Å². The molecule has 12 heteroatoms. The fraction of sp³-hybridized carbons (Fsp3) is 0.286. The Balaban J connectivity index is 1.46. The van der Waals surface area contributed by atoms with Crippen LogP contribution in [-0.2, 0) is 17.4 Å². The molecule has 1 heterocycles. The number of ketones is 1. The first-order valence-corrected chi connectivity index (χ1v) is 14.3. The van der Waals surface area contributed by atoms with Gasteiger partial charge in [0.05, 0.1) is 10.6 Å². The van der Waals surface area contributed by atoms with Gasteiger partial charge in [-0.2, -0.15) is 13.2 Å². The summed E-state index contributed by atoms with van der Waals surface area (Å²) in [7, 11) is 0. The van der Waals surface area contributed by atoms with Gasteiger partial charge >= 0.3 is 6.18 Å². The number of alkyl halides is 3. The topological polar surface area (TPSA) is 63.7 Å². The number of hydrogen-bond acceptors (Lipinski definition) is 4. The first-order chi connectivity index (χ1) is 18.8. The van der Waals surface area contributed by atoms with Crippen LogP contribution < -0.4 is 4.90 Å². The molecule has 0 radical (unpaired) electrons. The van der Waals surface area contributed by atoms with Crippen LogP contribution in [0, 0.1) is 5.82 Å². The largest absolute Gasteiger partial charge is 0.611 e. The monoisotopic (exact) mass is 614 g/mol. The highest BCUT2D eigenvalue weighted by molar-refractivity contribution is 7.92. The summed E-state index contributed by atoms with van der Waals surface area (Å²) in [6.45, 7) is 4.97. The van der Waals surface area contributed by atoms with E-state index in [1.807, 2.05) is 32.0 Å². The molecule has 1 fully saturated rings. The average molecular weight is 615 g/mol. The predicted molar refractivity (Wildman–Crippen MR) is 147 cm³/mol. The molecule has 40 heavy (non-hydrogen) atoms. The van der Waals surface area contributed by atoms with Crippen LogP contribution in [0.4, 0.5) is 23.2 Å². The lowest BCUT2D eigenvalue weighted by Gasteiger charge is -2.46. The smallest absolute Gasteiger partial charge is 0.419 e. The molecule has 1 aliphatic heterocycles. The van der Waals surface area contributed by atoms with Crippen molar-refractivity contribution in [1.82, 2.24) is 4.90 Å². The van der Waals surface area contributed by atoms with Gasteiger partial charge in [-0.3, -0.25) is 9.59 Å². The Morgan fingerprint density at radius 1 is 0.975 bits per heavy atom. The van der Waals surface area contributed by atoms with Crippen molar-refractivity contribution in [2.24, 2.45) is 0 Å². The number of carbonyl (C=O) groups excluding carboxylic acids is 2. The van der Waals surface area contributed by atoms with Crippen LogP contribution in [0.25, 0.3) is 0 Å². The molecule has 0 N–H and O–H groups in total. The molecule has 0 aromatic heterocycles. The third-order valence-electron chi connectivity index (χ3n) is 6.94. The fourth-order valence-corrected chi connectivity index (χ4v) is 6.31. The minimum Gasteiger partial charge on any atom is -0.611 e. The van der Waals surface area contributed by atoms with Crippen molar-refractivity contribution in [2.75, 3.05) is 23.7 Å². The van der Waals surface area contributed by atoms with Gasteiger partial charge in [-0.1, -0.05) is 29.3 Å². The van der Waals surface area contributed by atoms with Crippen molar-refractivity contribution in [3.8, 4) is 0 Å². The number of nitrogens with zero attached hydrogens (tertiary/aromatic N) is 2. The normalized spacial score (nSPS) is 18.5. The summed E-state index contributed by atoms with van der Waals surface area (Å²) in [6.07, 6.45) is -4.98. The van der Waals surface area contributed by atoms with Gasteiger partial charge in [-0.25, -0.2) is 4.39 Å². The van der Waals surface area contributed by atoms with E-state index in [1.54, 1.807) is 11.0 Å². The second-order valence-corrected chi connectivity index (χ2v) is 11.7. The van der Waals surface area contributed by atoms with Gasteiger partial charge in [-0.05, 0) is 79.6 Å². The van der Waals surface area contributed by atoms with Crippen LogP contribution in [0.15, 0.2) is 65.6 Å². The van der Waals surface area contributed by atoms with Crippen LogP contribution in [-0.4, -0.2) is 52.1 Å². The molecule has 0 aliphatic carbocycles. The van der Waals surface area contributed by atoms with Crippen molar-refractivity contribution in [3.05, 3.63) is 93.2 Å². The standard InChI is InChI=1S/C28H24Cl2F4N2O3S/c1-16-17(2)36(11-10-35(16)21-5-3-4-20(29)14-21)27(38)19-7-9-26(23(30)13-19)40(39)15-25(37)18-6-8-24(31)22(12-18)28(32,33)34/h3-9,12-14,16-17H,10-11,15H2,1-2H3/t16-,17-,40?/m0/s1. The number of piperazine rings is 1. The van der Waals surface area contributed by atoms with Gasteiger partial charge in [0.1, 0.15) is 5.82 Å². The third kappa shape index (κ3) is 6.40. The second-order valence-electron chi connectivity index (χ2n) is 9.40. The van der Waals surface area contributed by atoms with Crippen LogP contribution in [0.2, 0.25) is 10.0 Å². The van der Waals surface area contributed by atoms with Gasteiger partial charge in [0.15, 0.2) is 10.6 Å². The maximum absolute atomic E-state index is 13.6. The molecule has 0 spiro atoms. The van der Waals surface area contributed by atoms with E-state index in [4.69, 9.17) is 23.2 Å². The molecule has 3 aromatic carbocycles. The summed E-state index contributed by atoms with van der Waals surface area (Å²) in [5.74, 6) is -3.33. The van der Waals surface area contributed by atoms with Gasteiger partial charge in [0, 0.05) is 47.0 Å². The van der Waals surface area contributed by atoms with Crippen molar-refractivity contribution in [2.45, 2.75) is 37.0 Å². The summed E-state index contributed by atoms with van der Waals surface area (Å²) >= 11 is 10.5. The number of benzene rings is 3. The maximum Gasteiger partial charge on any atom is 0.419 e. The quantitative estimate of drug-likeness (QED) is 0.172. The lowest BCUT2D eigenvalue weighted by Crippen LogP contribution is -2.59. The number of rotatable bonds is 6. The zero-order valence-corrected chi connectivity index (χ0v) is 23.7. The van der Waals surface area contributed by atoms with E-state index >= 15 is 0 Å². The molecule has 4 rings (SSSR count). The highest BCUT2D eigenvalue weighted by atomic mass is 35.5. The molecule has 3 atom stereocenters. The number of anilines is 1. The fourth-order valence-electron chi connectivity index (χ4n) is 4.63. The van der Waals surface area contributed by atoms with Crippen molar-refractivity contribution >= 4 is 51.8 Å². The highest BCUT2D eigenvalue weighted by Gasteiger charge is 2.36. The lowest BCUT2D eigenvalue weighted by atomic mass is 10.0. The average Bonchev–Trinajstić information content (AvgIpc) is 2.89. The van der Waals surface area contributed by atoms with Crippen molar-refractivity contribution in [3.63, 3.8) is 0 Å². The number of carbonyl (C=O) groups is 2. The Kier molecular flexibility index (Phi) is 9.04. The summed E-state index contributed by atoms with van der Waals surface area (Å²) in [5.41, 5.74) is -0.786. The minimum absolute atomic E-state index is 0.0197. The van der Waals surface area contributed by atoms with Crippen LogP contribution in [0.1, 0.15) is 40.1 Å². The summed E-state index contributed by atoms with van der Waals surface area (Å²) in [4.78, 5) is 29.8. The molecule has 1 saturated heterocycles. The molecule has 212 valence electrons. The second kappa shape index (κ2) is 12.0. The van der Waals surface area contributed by atoms with Gasteiger partial charge in [0.25, 0.3) is 5.91 Å². The molecule has 3 aromatic rings. The van der Waals surface area contributed by atoms with Crippen LogP contribution >= 0.6 is 23.2 Å². The van der Waals surface area contributed by atoms with Crippen LogP contribution in [0.5, 0.6) is 0 Å². The number of amides is 1.